The van der Waals surface area contributed by atoms with E-state index in [0.717, 1.165) is 0 Å². The molecule has 0 spiro atoms. The van der Waals surface area contributed by atoms with Crippen LogP contribution in [0.3, 0.4) is 0 Å². The second kappa shape index (κ2) is 4.31. The smallest absolute Gasteiger partial charge is 0.167 e. The van der Waals surface area contributed by atoms with Crippen LogP contribution in [0.2, 0.25) is 0 Å². The van der Waals surface area contributed by atoms with Crippen LogP contribution in [-0.2, 0) is 0 Å². The number of nitrogens with zero attached hydrogens (tertiary/aromatic N) is 1. The summed E-state index contributed by atoms with van der Waals surface area (Å²) in [6.45, 7) is 0. The van der Waals surface area contributed by atoms with Crippen molar-refractivity contribution >= 4 is 10.8 Å². The zero-order valence-electron chi connectivity index (χ0n) is 10.3. The van der Waals surface area contributed by atoms with Crippen molar-refractivity contribution in [2.75, 3.05) is 0 Å². The Morgan fingerprint density at radius 1 is 0.700 bits per heavy atom. The fourth-order valence-corrected chi connectivity index (χ4v) is 2.14. The number of aromatic nitrogens is 1. The van der Waals surface area contributed by atoms with Crippen LogP contribution in [0.1, 0.15) is 0 Å². The van der Waals surface area contributed by atoms with Crippen LogP contribution < -0.4 is 0 Å². The second-order valence-electron chi connectivity index (χ2n) is 4.42. The summed E-state index contributed by atoms with van der Waals surface area (Å²) in [5.41, 5.74) is 1.32. The summed E-state index contributed by atoms with van der Waals surface area (Å²) in [6, 6.07) is 7.47. The highest BCUT2D eigenvalue weighted by Gasteiger charge is 2.11. The predicted octanol–water partition coefficient (Wildman–Crippen LogP) is 2.72. The third-order valence-corrected chi connectivity index (χ3v) is 3.18. The average Bonchev–Trinajstić information content (AvgIpc) is 2.45. The summed E-state index contributed by atoms with van der Waals surface area (Å²) >= 11 is 0. The Labute approximate surface area is 114 Å². The standard InChI is InChI=1S/C15H11NO4/c17-12-3-1-8(5-14(12)19)10-6-16-7-11-9(10)2-4-13(18)15(11)20/h1-7,17-20H. The minimum atomic E-state index is -0.236. The van der Waals surface area contributed by atoms with Crippen LogP contribution in [0.5, 0.6) is 23.0 Å². The van der Waals surface area contributed by atoms with Gasteiger partial charge in [0.05, 0.1) is 0 Å². The molecule has 1 heterocycles. The van der Waals surface area contributed by atoms with Gasteiger partial charge in [-0.25, -0.2) is 0 Å². The SMILES string of the molecule is Oc1ccc(-c2cncc3c(O)c(O)ccc23)cc1O. The van der Waals surface area contributed by atoms with Crippen LogP contribution in [0.15, 0.2) is 42.7 Å². The van der Waals surface area contributed by atoms with Crippen molar-refractivity contribution in [1.82, 2.24) is 4.98 Å². The Morgan fingerprint density at radius 2 is 1.45 bits per heavy atom. The quantitative estimate of drug-likeness (QED) is 0.510. The van der Waals surface area contributed by atoms with Crippen LogP contribution in [-0.4, -0.2) is 25.4 Å². The normalized spacial score (nSPS) is 10.8. The summed E-state index contributed by atoms with van der Waals surface area (Å²) in [5.74, 6) is -0.894. The molecule has 0 amide bonds. The molecule has 0 fully saturated rings. The van der Waals surface area contributed by atoms with Gasteiger partial charge in [0.1, 0.15) is 0 Å². The maximum Gasteiger partial charge on any atom is 0.167 e. The van der Waals surface area contributed by atoms with Gasteiger partial charge in [-0.05, 0) is 35.2 Å². The highest BCUT2D eigenvalue weighted by atomic mass is 16.3. The van der Waals surface area contributed by atoms with E-state index in [0.29, 0.717) is 21.9 Å². The molecule has 20 heavy (non-hydrogen) atoms. The van der Waals surface area contributed by atoms with E-state index in [9.17, 15) is 20.4 Å². The fourth-order valence-electron chi connectivity index (χ4n) is 2.14. The van der Waals surface area contributed by atoms with E-state index in [-0.39, 0.29) is 23.0 Å². The van der Waals surface area contributed by atoms with Gasteiger partial charge in [-0.3, -0.25) is 4.98 Å². The number of rotatable bonds is 1. The largest absolute Gasteiger partial charge is 0.504 e. The van der Waals surface area contributed by atoms with Gasteiger partial charge >= 0.3 is 0 Å². The molecular weight excluding hydrogens is 258 g/mol. The van der Waals surface area contributed by atoms with Crippen molar-refractivity contribution in [2.24, 2.45) is 0 Å². The van der Waals surface area contributed by atoms with E-state index in [4.69, 9.17) is 0 Å². The molecule has 0 saturated heterocycles. The van der Waals surface area contributed by atoms with Crippen molar-refractivity contribution in [2.45, 2.75) is 0 Å². The molecule has 5 nitrogen and oxygen atoms in total. The van der Waals surface area contributed by atoms with E-state index in [1.54, 1.807) is 18.3 Å². The minimum absolute atomic E-state index is 0.206. The molecule has 3 aromatic rings. The molecule has 0 aliphatic carbocycles. The maximum absolute atomic E-state index is 9.85. The van der Waals surface area contributed by atoms with E-state index < -0.39 is 0 Å². The lowest BCUT2D eigenvalue weighted by Crippen LogP contribution is -1.85. The van der Waals surface area contributed by atoms with E-state index in [2.05, 4.69) is 4.98 Å². The fraction of sp³-hybridized carbons (Fsp3) is 0. The third-order valence-electron chi connectivity index (χ3n) is 3.18. The number of hydrogen-bond donors (Lipinski definition) is 4. The third kappa shape index (κ3) is 1.76. The van der Waals surface area contributed by atoms with Crippen LogP contribution in [0, 0.1) is 0 Å². The van der Waals surface area contributed by atoms with E-state index >= 15 is 0 Å². The first-order valence-electron chi connectivity index (χ1n) is 5.89. The number of aromatic hydroxyl groups is 4. The zero-order chi connectivity index (χ0) is 14.3. The molecule has 3 rings (SSSR count). The van der Waals surface area contributed by atoms with Gasteiger partial charge < -0.3 is 20.4 Å². The molecule has 0 aliphatic heterocycles. The van der Waals surface area contributed by atoms with Gasteiger partial charge in [-0.1, -0.05) is 6.07 Å². The van der Waals surface area contributed by atoms with Crippen LogP contribution >= 0.6 is 0 Å². The van der Waals surface area contributed by atoms with E-state index in [1.165, 1.54) is 24.4 Å². The average molecular weight is 269 g/mol. The summed E-state index contributed by atoms with van der Waals surface area (Å²) in [7, 11) is 0. The lowest BCUT2D eigenvalue weighted by atomic mass is 10.00. The summed E-state index contributed by atoms with van der Waals surface area (Å²) in [6.07, 6.45) is 3.04. The molecule has 0 bridgehead atoms. The molecule has 4 N–H and O–H groups in total. The lowest BCUT2D eigenvalue weighted by Gasteiger charge is -2.09. The molecule has 100 valence electrons. The van der Waals surface area contributed by atoms with Crippen LogP contribution in [0.4, 0.5) is 0 Å². The summed E-state index contributed by atoms with van der Waals surface area (Å²) < 4.78 is 0. The predicted molar refractivity (Wildman–Crippen MR) is 73.8 cm³/mol. The number of pyridine rings is 1. The van der Waals surface area contributed by atoms with Gasteiger partial charge in [-0.15, -0.1) is 0 Å². The molecule has 0 unspecified atom stereocenters. The van der Waals surface area contributed by atoms with E-state index in [1.807, 2.05) is 0 Å². The molecule has 0 atom stereocenters. The van der Waals surface area contributed by atoms with Gasteiger partial charge in [-0.2, -0.15) is 0 Å². The molecule has 5 heteroatoms. The summed E-state index contributed by atoms with van der Waals surface area (Å²) in [5, 5.41) is 39.4. The molecule has 0 saturated carbocycles. The summed E-state index contributed by atoms with van der Waals surface area (Å²) in [4.78, 5) is 4.03. The zero-order valence-corrected chi connectivity index (χ0v) is 10.3. The Hall–Kier alpha value is -2.95. The van der Waals surface area contributed by atoms with Crippen molar-refractivity contribution in [3.05, 3.63) is 42.7 Å². The number of hydrogen-bond acceptors (Lipinski definition) is 5. The van der Waals surface area contributed by atoms with Crippen molar-refractivity contribution in [3.8, 4) is 34.1 Å². The van der Waals surface area contributed by atoms with Gasteiger partial charge in [0.2, 0.25) is 0 Å². The van der Waals surface area contributed by atoms with Crippen molar-refractivity contribution in [3.63, 3.8) is 0 Å². The Morgan fingerprint density at radius 3 is 2.20 bits per heavy atom. The highest BCUT2D eigenvalue weighted by molar-refractivity contribution is 6.00. The molecule has 2 aromatic carbocycles. The number of phenolic OH excluding ortho intramolecular Hbond substituents is 4. The second-order valence-corrected chi connectivity index (χ2v) is 4.42. The van der Waals surface area contributed by atoms with Gasteiger partial charge in [0.25, 0.3) is 0 Å². The first-order chi connectivity index (χ1) is 9.58. The lowest BCUT2D eigenvalue weighted by molar-refractivity contribution is 0.404. The van der Waals surface area contributed by atoms with Gasteiger partial charge in [0.15, 0.2) is 23.0 Å². The Kier molecular flexibility index (Phi) is 2.61. The first kappa shape index (κ1) is 12.1. The first-order valence-corrected chi connectivity index (χ1v) is 5.89. The molecular formula is C15H11NO4. The topological polar surface area (TPSA) is 93.8 Å². The highest BCUT2D eigenvalue weighted by Crippen LogP contribution is 2.39. The van der Waals surface area contributed by atoms with Crippen molar-refractivity contribution < 1.29 is 20.4 Å². The minimum Gasteiger partial charge on any atom is -0.504 e. The number of phenols is 4. The van der Waals surface area contributed by atoms with Gasteiger partial charge in [0, 0.05) is 23.3 Å². The van der Waals surface area contributed by atoms with Crippen molar-refractivity contribution in [1.29, 1.82) is 0 Å². The molecule has 0 aliphatic rings. The monoisotopic (exact) mass is 269 g/mol. The number of benzene rings is 2. The molecule has 0 radical (unpaired) electrons. The molecule has 1 aromatic heterocycles. The van der Waals surface area contributed by atoms with Crippen LogP contribution in [0.25, 0.3) is 21.9 Å². The maximum atomic E-state index is 9.85. The number of fused-ring (bicyclic) bond motifs is 1. The Bertz CT molecular complexity index is 814. The Balaban J connectivity index is 2.31.